The fraction of sp³-hybridized carbons (Fsp3) is 0.467. The maximum Gasteiger partial charge on any atom is 0.342 e. The smallest absolute Gasteiger partial charge is 0.342 e. The van der Waals surface area contributed by atoms with Gasteiger partial charge in [0.15, 0.2) is 11.5 Å². The molecule has 0 aliphatic carbocycles. The molecule has 58 heavy (non-hydrogen) atoms. The highest BCUT2D eigenvalue weighted by atomic mass is 16.5. The summed E-state index contributed by atoms with van der Waals surface area (Å²) >= 11 is 0. The van der Waals surface area contributed by atoms with Gasteiger partial charge in [-0.25, -0.2) is 4.79 Å². The molecule has 0 bridgehead atoms. The number of hydrogen-bond acceptors (Lipinski definition) is 11. The van der Waals surface area contributed by atoms with Crippen LogP contribution in [0.1, 0.15) is 110 Å². The van der Waals surface area contributed by atoms with E-state index < -0.39 is 23.7 Å². The Kier molecular flexibility index (Phi) is 14.0. The Bertz CT molecular complexity index is 2000. The van der Waals surface area contributed by atoms with E-state index in [4.69, 9.17) is 18.9 Å². The fourth-order valence-corrected chi connectivity index (χ4v) is 8.38. The van der Waals surface area contributed by atoms with Crippen molar-refractivity contribution in [1.29, 1.82) is 0 Å². The van der Waals surface area contributed by atoms with E-state index in [1.165, 1.54) is 27.4 Å². The van der Waals surface area contributed by atoms with Gasteiger partial charge < -0.3 is 39.8 Å². The topological polar surface area (TPSA) is 173 Å². The van der Waals surface area contributed by atoms with Gasteiger partial charge in [-0.05, 0) is 99.2 Å². The van der Waals surface area contributed by atoms with Gasteiger partial charge in [0.2, 0.25) is 17.6 Å². The molecule has 0 radical (unpaired) electrons. The summed E-state index contributed by atoms with van der Waals surface area (Å²) in [7, 11) is 4.40. The zero-order valence-corrected chi connectivity index (χ0v) is 33.8. The normalized spacial score (nSPS) is 20.3. The summed E-state index contributed by atoms with van der Waals surface area (Å²) in [5, 5.41) is 30.1. The number of anilines is 1. The van der Waals surface area contributed by atoms with Crippen LogP contribution in [0.2, 0.25) is 0 Å². The standard InChI is InChI=1S/C45H55N3O10/c1-27-11-10-15-32(49)14-7-5-6-13-29-23-36(50)41(42(52)40(29)45(54)58-27)33(30-24-37(55-2)43(57-4)38(25-30)56-3)26-39(51)46-31-19-21-48(22-20-31)35-18-17-28-12-8-9-16-34(28)47-44(35)53/h6,8-9,12-13,16,23-25,27,31,33,35,50,52H,5,7,10-11,14-15,17-22,26H2,1-4H3,(H,46,51)(H,47,53)/t27-,33?,35?/m0/s1. The lowest BCUT2D eigenvalue weighted by molar-refractivity contribution is -0.124. The number of carbonyl (C=O) groups is 4. The van der Waals surface area contributed by atoms with Gasteiger partial charge in [0.25, 0.3) is 0 Å². The summed E-state index contributed by atoms with van der Waals surface area (Å²) in [5.74, 6) is -1.92. The summed E-state index contributed by atoms with van der Waals surface area (Å²) in [6, 6.07) is 12.1. The monoisotopic (exact) mass is 797 g/mol. The van der Waals surface area contributed by atoms with Gasteiger partial charge in [0.1, 0.15) is 22.8 Å². The number of fused-ring (bicyclic) bond motifs is 2. The quantitative estimate of drug-likeness (QED) is 0.171. The Morgan fingerprint density at radius 1 is 0.931 bits per heavy atom. The number of methoxy groups -OCH3 is 3. The number of phenols is 2. The van der Waals surface area contributed by atoms with Crippen LogP contribution in [0.15, 0.2) is 48.5 Å². The molecule has 3 aliphatic heterocycles. The number of Topliss-reactive ketones (excluding diaryl/α,β-unsaturated/α-hetero) is 1. The van der Waals surface area contributed by atoms with Crippen LogP contribution in [0.25, 0.3) is 6.08 Å². The molecule has 2 amide bonds. The third-order valence-corrected chi connectivity index (χ3v) is 11.5. The van der Waals surface area contributed by atoms with Crippen molar-refractivity contribution in [1.82, 2.24) is 10.2 Å². The van der Waals surface area contributed by atoms with E-state index in [1.54, 1.807) is 31.2 Å². The molecular weight excluding hydrogens is 743 g/mol. The highest BCUT2D eigenvalue weighted by Crippen LogP contribution is 2.48. The molecule has 0 aromatic heterocycles. The summed E-state index contributed by atoms with van der Waals surface area (Å²) in [5.41, 5.74) is 2.49. The Morgan fingerprint density at radius 3 is 2.34 bits per heavy atom. The van der Waals surface area contributed by atoms with Crippen molar-refractivity contribution < 1.29 is 48.3 Å². The first-order valence-corrected chi connectivity index (χ1v) is 20.2. The van der Waals surface area contributed by atoms with Crippen LogP contribution in [0, 0.1) is 0 Å². The molecule has 6 rings (SSSR count). The molecule has 13 heteroatoms. The van der Waals surface area contributed by atoms with Crippen LogP contribution in [0.5, 0.6) is 28.7 Å². The maximum atomic E-state index is 14.1. The number of aryl methyl sites for hydroxylation is 1. The number of amides is 2. The number of carbonyl (C=O) groups excluding carboxylic acids is 4. The van der Waals surface area contributed by atoms with Crippen LogP contribution in [0.3, 0.4) is 0 Å². The predicted octanol–water partition coefficient (Wildman–Crippen LogP) is 6.66. The lowest BCUT2D eigenvalue weighted by atomic mass is 9.84. The van der Waals surface area contributed by atoms with Gasteiger partial charge in [0.05, 0.1) is 33.5 Å². The first-order chi connectivity index (χ1) is 28.0. The number of phenolic OH excluding ortho intramolecular Hbond substituents is 2. The average molecular weight is 798 g/mol. The highest BCUT2D eigenvalue weighted by Gasteiger charge is 2.35. The number of piperidine rings is 1. The van der Waals surface area contributed by atoms with E-state index in [0.717, 1.165) is 17.7 Å². The number of esters is 1. The number of likely N-dealkylation sites (tertiary alicyclic amines) is 1. The van der Waals surface area contributed by atoms with Gasteiger partial charge in [0, 0.05) is 55.6 Å². The zero-order valence-electron chi connectivity index (χ0n) is 33.8. The fourth-order valence-electron chi connectivity index (χ4n) is 8.38. The van der Waals surface area contributed by atoms with Crippen LogP contribution in [-0.2, 0) is 25.5 Å². The van der Waals surface area contributed by atoms with Crippen molar-refractivity contribution in [2.24, 2.45) is 0 Å². The number of nitrogens with zero attached hydrogens (tertiary/aromatic N) is 1. The van der Waals surface area contributed by atoms with Crippen LogP contribution in [-0.4, -0.2) is 91.3 Å². The number of aromatic hydroxyl groups is 2. The van der Waals surface area contributed by atoms with Gasteiger partial charge in [-0.2, -0.15) is 0 Å². The summed E-state index contributed by atoms with van der Waals surface area (Å²) in [4.78, 5) is 55.7. The van der Waals surface area contributed by atoms with Crippen molar-refractivity contribution in [3.63, 3.8) is 0 Å². The highest BCUT2D eigenvalue weighted by molar-refractivity contribution is 5.98. The molecule has 310 valence electrons. The van der Waals surface area contributed by atoms with E-state index >= 15 is 0 Å². The molecule has 13 nitrogen and oxygen atoms in total. The Balaban J connectivity index is 1.29. The van der Waals surface area contributed by atoms with Crippen LogP contribution >= 0.6 is 0 Å². The van der Waals surface area contributed by atoms with E-state index in [2.05, 4.69) is 15.5 Å². The molecule has 3 aromatic carbocycles. The number of rotatable bonds is 9. The SMILES string of the molecule is COc1cc(C(CC(=O)NC2CCN(C3CCc4ccccc4NC3=O)CC2)c2c(O)cc3c(c2O)C(=O)O[C@@H](C)CCCC(=O)CCCC=C3)cc(OC)c1OC. The molecule has 3 atom stereocenters. The molecule has 1 fully saturated rings. The summed E-state index contributed by atoms with van der Waals surface area (Å²) in [6.07, 6.45) is 8.42. The molecule has 4 N–H and O–H groups in total. The first-order valence-electron chi connectivity index (χ1n) is 20.2. The lowest BCUT2D eigenvalue weighted by Crippen LogP contribution is -2.51. The molecule has 0 spiro atoms. The molecule has 1 saturated heterocycles. The Labute approximate surface area is 339 Å². The van der Waals surface area contributed by atoms with Gasteiger partial charge in [-0.15, -0.1) is 0 Å². The number of cyclic esters (lactones) is 1. The zero-order chi connectivity index (χ0) is 41.3. The van der Waals surface area contributed by atoms with Crippen LogP contribution < -0.4 is 24.8 Å². The number of ketones is 1. The maximum absolute atomic E-state index is 14.1. The molecule has 3 aromatic rings. The molecule has 2 unspecified atom stereocenters. The number of benzene rings is 3. The number of nitrogens with one attached hydrogen (secondary N) is 2. The van der Waals surface area contributed by atoms with E-state index in [0.29, 0.717) is 93.7 Å². The number of allylic oxidation sites excluding steroid dienone is 1. The minimum absolute atomic E-state index is 0.0230. The van der Waals surface area contributed by atoms with E-state index in [9.17, 15) is 29.4 Å². The summed E-state index contributed by atoms with van der Waals surface area (Å²) < 4.78 is 22.6. The second-order valence-electron chi connectivity index (χ2n) is 15.4. The van der Waals surface area contributed by atoms with E-state index in [-0.39, 0.29) is 58.5 Å². The summed E-state index contributed by atoms with van der Waals surface area (Å²) in [6.45, 7) is 2.97. The lowest BCUT2D eigenvalue weighted by Gasteiger charge is -2.36. The van der Waals surface area contributed by atoms with Crippen molar-refractivity contribution in [2.45, 2.75) is 102 Å². The minimum Gasteiger partial charge on any atom is -0.507 e. The van der Waals surface area contributed by atoms with E-state index in [1.807, 2.05) is 24.3 Å². The largest absolute Gasteiger partial charge is 0.507 e. The molecule has 3 heterocycles. The second kappa shape index (κ2) is 19.3. The van der Waals surface area contributed by atoms with Crippen LogP contribution in [0.4, 0.5) is 5.69 Å². The third-order valence-electron chi connectivity index (χ3n) is 11.5. The average Bonchev–Trinajstić information content (AvgIpc) is 3.37. The van der Waals surface area contributed by atoms with Crippen molar-refractivity contribution in [2.75, 3.05) is 39.7 Å². The molecule has 0 saturated carbocycles. The number of para-hydroxylation sites is 1. The first kappa shape index (κ1) is 42.1. The molecular formula is C45H55N3O10. The van der Waals surface area contributed by atoms with Gasteiger partial charge in [-0.3, -0.25) is 19.3 Å². The minimum atomic E-state index is -0.997. The second-order valence-corrected chi connectivity index (χ2v) is 15.4. The third kappa shape index (κ3) is 9.75. The van der Waals surface area contributed by atoms with Crippen molar-refractivity contribution in [3.8, 4) is 28.7 Å². The van der Waals surface area contributed by atoms with Crippen molar-refractivity contribution in [3.05, 3.63) is 76.4 Å². The van der Waals surface area contributed by atoms with Gasteiger partial charge in [-0.1, -0.05) is 30.4 Å². The Hall–Kier alpha value is -5.56. The number of hydrogen-bond donors (Lipinski definition) is 4. The van der Waals surface area contributed by atoms with Gasteiger partial charge >= 0.3 is 5.97 Å². The Morgan fingerprint density at radius 2 is 1.64 bits per heavy atom. The number of ether oxygens (including phenoxy) is 4. The van der Waals surface area contributed by atoms with Crippen molar-refractivity contribution >= 4 is 35.3 Å². The predicted molar refractivity (Wildman–Crippen MR) is 219 cm³/mol. The molecule has 3 aliphatic rings.